The van der Waals surface area contributed by atoms with Gasteiger partial charge in [0, 0.05) is 0 Å². The molecule has 0 aromatic rings. The van der Waals surface area contributed by atoms with Crippen LogP contribution in [0, 0.1) is 0 Å². The van der Waals surface area contributed by atoms with Gasteiger partial charge in [0.1, 0.15) is 0 Å². The average Bonchev–Trinajstić information content (AvgIpc) is 2.15. The van der Waals surface area contributed by atoms with Crippen molar-refractivity contribution in [1.29, 1.82) is 0 Å². The largest absolute Gasteiger partial charge is 0.464 e. The van der Waals surface area contributed by atoms with Crippen molar-refractivity contribution in [2.45, 2.75) is 51.2 Å². The molecule has 0 aromatic heterocycles. The van der Waals surface area contributed by atoms with Crippen LogP contribution >= 0.6 is 0 Å². The maximum Gasteiger partial charge on any atom is 0.416 e. The van der Waals surface area contributed by atoms with E-state index in [-0.39, 0.29) is 6.61 Å². The van der Waals surface area contributed by atoms with Gasteiger partial charge in [-0.1, -0.05) is 26.2 Å². The van der Waals surface area contributed by atoms with Crippen LogP contribution < -0.4 is 5.73 Å². The number of nitrogens with two attached hydrogens (primary N) is 1. The average molecular weight is 241 g/mol. The molecule has 0 aliphatic carbocycles. The van der Waals surface area contributed by atoms with Crippen molar-refractivity contribution in [2.24, 2.45) is 5.73 Å². The van der Waals surface area contributed by atoms with Crippen molar-refractivity contribution in [1.82, 2.24) is 0 Å². The lowest BCUT2D eigenvalue weighted by Gasteiger charge is -2.25. The van der Waals surface area contributed by atoms with Crippen LogP contribution in [0.4, 0.5) is 13.2 Å². The van der Waals surface area contributed by atoms with E-state index in [0.29, 0.717) is 13.3 Å². The molecule has 2 N–H and O–H groups in total. The number of halogens is 3. The Morgan fingerprint density at radius 3 is 2.25 bits per heavy atom. The molecule has 1 unspecified atom stereocenters. The summed E-state index contributed by atoms with van der Waals surface area (Å²) in [5.74, 6) is -1.42. The molecule has 1 atom stereocenters. The molecule has 0 rings (SSSR count). The summed E-state index contributed by atoms with van der Waals surface area (Å²) in [4.78, 5) is 11.1. The molecular weight excluding hydrogens is 223 g/mol. The minimum Gasteiger partial charge on any atom is -0.464 e. The number of hydrogen-bond acceptors (Lipinski definition) is 3. The summed E-state index contributed by atoms with van der Waals surface area (Å²) in [7, 11) is 0. The molecule has 96 valence electrons. The highest BCUT2D eigenvalue weighted by Gasteiger charge is 2.55. The van der Waals surface area contributed by atoms with Crippen LogP contribution in [0.1, 0.15) is 39.5 Å². The molecule has 0 aliphatic heterocycles. The zero-order chi connectivity index (χ0) is 12.8. The van der Waals surface area contributed by atoms with Gasteiger partial charge in [0.2, 0.25) is 5.54 Å². The summed E-state index contributed by atoms with van der Waals surface area (Å²) >= 11 is 0. The summed E-state index contributed by atoms with van der Waals surface area (Å²) in [6.45, 7) is 2.61. The predicted molar refractivity (Wildman–Crippen MR) is 53.7 cm³/mol. The van der Waals surface area contributed by atoms with E-state index in [1.165, 1.54) is 0 Å². The third kappa shape index (κ3) is 4.38. The zero-order valence-electron chi connectivity index (χ0n) is 9.56. The molecular formula is C10H18F3NO2. The van der Waals surface area contributed by atoms with E-state index >= 15 is 0 Å². The number of rotatable bonds is 6. The molecule has 0 aliphatic rings. The highest BCUT2D eigenvalue weighted by molar-refractivity contribution is 5.81. The Hall–Kier alpha value is -0.780. The molecule has 0 amide bonds. The van der Waals surface area contributed by atoms with Crippen LogP contribution in [-0.2, 0) is 9.53 Å². The monoisotopic (exact) mass is 241 g/mol. The number of esters is 1. The van der Waals surface area contributed by atoms with Gasteiger partial charge in [-0.2, -0.15) is 13.2 Å². The summed E-state index contributed by atoms with van der Waals surface area (Å²) in [6.07, 6.45) is -1.42. The summed E-state index contributed by atoms with van der Waals surface area (Å²) < 4.78 is 41.4. The van der Waals surface area contributed by atoms with Crippen LogP contribution in [0.2, 0.25) is 0 Å². The maximum atomic E-state index is 12.3. The molecule has 16 heavy (non-hydrogen) atoms. The fraction of sp³-hybridized carbons (Fsp3) is 0.900. The van der Waals surface area contributed by atoms with Crippen LogP contribution in [0.15, 0.2) is 0 Å². The van der Waals surface area contributed by atoms with Crippen molar-refractivity contribution >= 4 is 5.97 Å². The first-order chi connectivity index (χ1) is 7.23. The van der Waals surface area contributed by atoms with E-state index < -0.39 is 17.7 Å². The lowest BCUT2D eigenvalue weighted by Crippen LogP contribution is -2.57. The lowest BCUT2D eigenvalue weighted by molar-refractivity contribution is -0.202. The fourth-order valence-corrected chi connectivity index (χ4v) is 0.959. The normalized spacial score (nSPS) is 15.6. The molecule has 3 nitrogen and oxygen atoms in total. The van der Waals surface area contributed by atoms with Gasteiger partial charge in [0.15, 0.2) is 0 Å². The van der Waals surface area contributed by atoms with Crippen LogP contribution in [0.3, 0.4) is 0 Å². The predicted octanol–water partition coefficient (Wildman–Crippen LogP) is 2.39. The van der Waals surface area contributed by atoms with E-state index in [1.54, 1.807) is 0 Å². The first-order valence-corrected chi connectivity index (χ1v) is 5.26. The van der Waals surface area contributed by atoms with E-state index in [4.69, 9.17) is 5.73 Å². The number of alkyl halides is 3. The Labute approximate surface area is 93.1 Å². The second-order valence-electron chi connectivity index (χ2n) is 3.90. The number of ether oxygens (including phenoxy) is 1. The van der Waals surface area contributed by atoms with Crippen molar-refractivity contribution in [3.8, 4) is 0 Å². The molecule has 0 radical (unpaired) electrons. The first kappa shape index (κ1) is 15.2. The minimum atomic E-state index is -4.78. The second kappa shape index (κ2) is 6.08. The van der Waals surface area contributed by atoms with Crippen LogP contribution in [-0.4, -0.2) is 24.3 Å². The Kier molecular flexibility index (Phi) is 5.78. The number of hydrogen-bond donors (Lipinski definition) is 1. The summed E-state index contributed by atoms with van der Waals surface area (Å²) in [6, 6.07) is 0. The van der Waals surface area contributed by atoms with Crippen molar-refractivity contribution in [2.75, 3.05) is 6.61 Å². The fourth-order valence-electron chi connectivity index (χ4n) is 0.959. The van der Waals surface area contributed by atoms with Gasteiger partial charge in [-0.15, -0.1) is 0 Å². The van der Waals surface area contributed by atoms with E-state index in [0.717, 1.165) is 19.3 Å². The van der Waals surface area contributed by atoms with Crippen molar-refractivity contribution in [3.05, 3.63) is 0 Å². The summed E-state index contributed by atoms with van der Waals surface area (Å²) in [5, 5.41) is 0. The smallest absolute Gasteiger partial charge is 0.416 e. The standard InChI is InChI=1S/C10H18F3NO2/c1-3-4-5-6-7-16-8(15)9(2,14)10(11,12)13/h3-7,14H2,1-2H3. The molecule has 0 saturated heterocycles. The van der Waals surface area contributed by atoms with Gasteiger partial charge in [0.05, 0.1) is 6.61 Å². The number of carbonyl (C=O) groups excluding carboxylic acids is 1. The molecule has 0 fully saturated rings. The molecule has 0 saturated carbocycles. The van der Waals surface area contributed by atoms with Crippen molar-refractivity contribution < 1.29 is 22.7 Å². The highest BCUT2D eigenvalue weighted by atomic mass is 19.4. The summed E-state index contributed by atoms with van der Waals surface area (Å²) in [5.41, 5.74) is 1.96. The lowest BCUT2D eigenvalue weighted by atomic mass is 10.0. The van der Waals surface area contributed by atoms with Crippen LogP contribution in [0.5, 0.6) is 0 Å². The van der Waals surface area contributed by atoms with Gasteiger partial charge >= 0.3 is 12.1 Å². The first-order valence-electron chi connectivity index (χ1n) is 5.26. The molecule has 0 spiro atoms. The van der Waals surface area contributed by atoms with Crippen molar-refractivity contribution in [3.63, 3.8) is 0 Å². The van der Waals surface area contributed by atoms with E-state index in [1.807, 2.05) is 6.92 Å². The SMILES string of the molecule is CCCCCCOC(=O)C(C)(N)C(F)(F)F. The Balaban J connectivity index is 3.98. The Bertz CT molecular complexity index is 227. The van der Waals surface area contributed by atoms with Crippen LogP contribution in [0.25, 0.3) is 0 Å². The highest BCUT2D eigenvalue weighted by Crippen LogP contribution is 2.28. The quantitative estimate of drug-likeness (QED) is 0.573. The molecule has 0 aromatic carbocycles. The second-order valence-corrected chi connectivity index (χ2v) is 3.90. The minimum absolute atomic E-state index is 0.0122. The van der Waals surface area contributed by atoms with Gasteiger partial charge in [-0.05, 0) is 13.3 Å². The van der Waals surface area contributed by atoms with E-state index in [9.17, 15) is 18.0 Å². The zero-order valence-corrected chi connectivity index (χ0v) is 9.56. The molecule has 0 heterocycles. The van der Waals surface area contributed by atoms with Gasteiger partial charge < -0.3 is 10.5 Å². The number of unbranched alkanes of at least 4 members (excludes halogenated alkanes) is 3. The maximum absolute atomic E-state index is 12.3. The van der Waals surface area contributed by atoms with Gasteiger partial charge in [0.25, 0.3) is 0 Å². The topological polar surface area (TPSA) is 52.3 Å². The Morgan fingerprint density at radius 1 is 1.25 bits per heavy atom. The Morgan fingerprint density at radius 2 is 1.81 bits per heavy atom. The van der Waals surface area contributed by atoms with E-state index in [2.05, 4.69) is 4.74 Å². The van der Waals surface area contributed by atoms with Gasteiger partial charge in [-0.3, -0.25) is 0 Å². The third-order valence-corrected chi connectivity index (χ3v) is 2.24. The molecule has 0 bridgehead atoms. The number of carbonyl (C=O) groups is 1. The molecule has 6 heteroatoms. The van der Waals surface area contributed by atoms with Gasteiger partial charge in [-0.25, -0.2) is 4.79 Å². The third-order valence-electron chi connectivity index (χ3n) is 2.24.